The summed E-state index contributed by atoms with van der Waals surface area (Å²) in [6.07, 6.45) is 1.20. The maximum absolute atomic E-state index is 3.94. The van der Waals surface area contributed by atoms with Crippen LogP contribution in [0.1, 0.15) is 13.3 Å². The summed E-state index contributed by atoms with van der Waals surface area (Å²) in [7, 11) is 0. The summed E-state index contributed by atoms with van der Waals surface area (Å²) in [5, 5.41) is 3.06. The zero-order valence-corrected chi connectivity index (χ0v) is 4.96. The van der Waals surface area contributed by atoms with Gasteiger partial charge in [-0.15, -0.1) is 0 Å². The Morgan fingerprint density at radius 3 is 2.50 bits per heavy atom. The minimum atomic E-state index is 0.799. The second-order valence-corrected chi connectivity index (χ2v) is 1.47. The van der Waals surface area contributed by atoms with Gasteiger partial charge in [0.1, 0.15) is 0 Å². The number of rotatable bonds is 3. The molecule has 0 aliphatic carbocycles. The lowest BCUT2D eigenvalue weighted by molar-refractivity contribution is 0.758. The number of hydrogen-bond donors (Lipinski definition) is 2. The van der Waals surface area contributed by atoms with Gasteiger partial charge in [0.05, 0.1) is 0 Å². The number of thiol groups is 1. The van der Waals surface area contributed by atoms with Crippen LogP contribution in [0.3, 0.4) is 0 Å². The fourth-order valence-corrected chi connectivity index (χ4v) is 0.414. The molecule has 0 atom stereocenters. The molecule has 0 aliphatic rings. The van der Waals surface area contributed by atoms with Crippen LogP contribution in [0.25, 0.3) is 0 Å². The van der Waals surface area contributed by atoms with Crippen molar-refractivity contribution in [3.8, 4) is 0 Å². The summed E-state index contributed by atoms with van der Waals surface area (Å²) in [6, 6.07) is 0. The van der Waals surface area contributed by atoms with E-state index in [0.717, 1.165) is 12.4 Å². The topological polar surface area (TPSA) is 12.0 Å². The van der Waals surface area contributed by atoms with Gasteiger partial charge in [0, 0.05) is 5.88 Å². The second kappa shape index (κ2) is 5.31. The Labute approximate surface area is 44.5 Å². The smallest absolute Gasteiger partial charge is 0.0387 e. The monoisotopic (exact) mass is 105 g/mol. The average molecular weight is 105 g/mol. The van der Waals surface area contributed by atoms with Crippen LogP contribution in [0.5, 0.6) is 0 Å². The van der Waals surface area contributed by atoms with Crippen molar-refractivity contribution in [1.29, 1.82) is 0 Å². The first-order valence-corrected chi connectivity index (χ1v) is 2.86. The van der Waals surface area contributed by atoms with E-state index in [1.54, 1.807) is 0 Å². The van der Waals surface area contributed by atoms with Gasteiger partial charge in [-0.1, -0.05) is 6.92 Å². The lowest BCUT2D eigenvalue weighted by atomic mass is 10.5. The standard InChI is InChI=1S/C4H11NS/c1-2-3-5-4-6/h5-6H,2-4H2,1H3. The Morgan fingerprint density at radius 2 is 2.33 bits per heavy atom. The highest BCUT2D eigenvalue weighted by atomic mass is 32.1. The summed E-state index contributed by atoms with van der Waals surface area (Å²) in [6.45, 7) is 3.22. The van der Waals surface area contributed by atoms with Crippen molar-refractivity contribution in [3.63, 3.8) is 0 Å². The van der Waals surface area contributed by atoms with E-state index < -0.39 is 0 Å². The van der Waals surface area contributed by atoms with Crippen LogP contribution in [-0.2, 0) is 0 Å². The molecule has 0 bridgehead atoms. The summed E-state index contributed by atoms with van der Waals surface area (Å²) >= 11 is 3.94. The highest BCUT2D eigenvalue weighted by Crippen LogP contribution is 1.69. The molecule has 0 amide bonds. The number of nitrogens with one attached hydrogen (secondary N) is 1. The van der Waals surface area contributed by atoms with Gasteiger partial charge in [0.15, 0.2) is 0 Å². The van der Waals surface area contributed by atoms with Crippen LogP contribution in [-0.4, -0.2) is 12.4 Å². The highest BCUT2D eigenvalue weighted by Gasteiger charge is 1.71. The summed E-state index contributed by atoms with van der Waals surface area (Å²) in [5.74, 6) is 0.799. The molecule has 1 nitrogen and oxygen atoms in total. The first-order valence-electron chi connectivity index (χ1n) is 2.23. The molecular weight excluding hydrogens is 94.1 g/mol. The van der Waals surface area contributed by atoms with Gasteiger partial charge in [-0.25, -0.2) is 0 Å². The molecule has 38 valence electrons. The molecule has 1 N–H and O–H groups in total. The Morgan fingerprint density at radius 1 is 1.67 bits per heavy atom. The van der Waals surface area contributed by atoms with E-state index in [2.05, 4.69) is 24.9 Å². The minimum absolute atomic E-state index is 0.799. The summed E-state index contributed by atoms with van der Waals surface area (Å²) in [5.41, 5.74) is 0. The van der Waals surface area contributed by atoms with E-state index in [1.807, 2.05) is 0 Å². The molecular formula is C4H11NS. The molecule has 0 rings (SSSR count). The fraction of sp³-hybridized carbons (Fsp3) is 1.00. The molecule has 0 saturated carbocycles. The fourth-order valence-electron chi connectivity index (χ4n) is 0.256. The van der Waals surface area contributed by atoms with Crippen LogP contribution >= 0.6 is 12.6 Å². The first-order chi connectivity index (χ1) is 2.91. The lowest BCUT2D eigenvalue weighted by Crippen LogP contribution is -2.10. The number of hydrogen-bond acceptors (Lipinski definition) is 2. The molecule has 2 heteroatoms. The molecule has 0 spiro atoms. The van der Waals surface area contributed by atoms with Crippen LogP contribution in [0, 0.1) is 0 Å². The van der Waals surface area contributed by atoms with Crippen molar-refractivity contribution >= 4 is 12.6 Å². The van der Waals surface area contributed by atoms with E-state index in [4.69, 9.17) is 0 Å². The van der Waals surface area contributed by atoms with Gasteiger partial charge < -0.3 is 5.32 Å². The Kier molecular flexibility index (Phi) is 5.58. The molecule has 0 unspecified atom stereocenters. The first kappa shape index (κ1) is 6.31. The van der Waals surface area contributed by atoms with E-state index in [-0.39, 0.29) is 0 Å². The van der Waals surface area contributed by atoms with E-state index in [1.165, 1.54) is 6.42 Å². The van der Waals surface area contributed by atoms with Gasteiger partial charge in [-0.2, -0.15) is 12.6 Å². The maximum atomic E-state index is 3.94. The third-order valence-electron chi connectivity index (χ3n) is 0.539. The largest absolute Gasteiger partial charge is 0.308 e. The third kappa shape index (κ3) is 4.31. The molecule has 0 heterocycles. The summed E-state index contributed by atoms with van der Waals surface area (Å²) in [4.78, 5) is 0. The molecule has 0 aromatic heterocycles. The van der Waals surface area contributed by atoms with Gasteiger partial charge in [-0.3, -0.25) is 0 Å². The van der Waals surface area contributed by atoms with Gasteiger partial charge in [0.25, 0.3) is 0 Å². The molecule has 0 radical (unpaired) electrons. The van der Waals surface area contributed by atoms with Crippen molar-refractivity contribution in [1.82, 2.24) is 5.32 Å². The molecule has 0 aliphatic heterocycles. The van der Waals surface area contributed by atoms with Gasteiger partial charge >= 0.3 is 0 Å². The second-order valence-electron chi connectivity index (χ2n) is 1.16. The molecule has 0 aromatic carbocycles. The van der Waals surface area contributed by atoms with E-state index in [0.29, 0.717) is 0 Å². The SMILES string of the molecule is CCCNCS. The van der Waals surface area contributed by atoms with Crippen LogP contribution < -0.4 is 5.32 Å². The van der Waals surface area contributed by atoms with Crippen LogP contribution in [0.2, 0.25) is 0 Å². The van der Waals surface area contributed by atoms with Crippen molar-refractivity contribution in [2.24, 2.45) is 0 Å². The van der Waals surface area contributed by atoms with Crippen molar-refractivity contribution in [3.05, 3.63) is 0 Å². The Hall–Kier alpha value is 0.310. The normalized spacial score (nSPS) is 9.00. The zero-order chi connectivity index (χ0) is 4.83. The average Bonchev–Trinajstić information content (AvgIpc) is 1.61. The third-order valence-corrected chi connectivity index (χ3v) is 0.762. The maximum Gasteiger partial charge on any atom is 0.0387 e. The molecule has 0 aromatic rings. The van der Waals surface area contributed by atoms with Crippen LogP contribution in [0.4, 0.5) is 0 Å². The Bertz CT molecular complexity index is 19.5. The molecule has 0 saturated heterocycles. The van der Waals surface area contributed by atoms with Crippen molar-refractivity contribution < 1.29 is 0 Å². The van der Waals surface area contributed by atoms with E-state index >= 15 is 0 Å². The van der Waals surface area contributed by atoms with Crippen molar-refractivity contribution in [2.75, 3.05) is 12.4 Å². The Balaban J connectivity index is 2.34. The predicted molar refractivity (Wildman–Crippen MR) is 32.1 cm³/mol. The zero-order valence-electron chi connectivity index (χ0n) is 4.07. The predicted octanol–water partition coefficient (Wildman–Crippen LogP) is 0.873. The summed E-state index contributed by atoms with van der Waals surface area (Å²) < 4.78 is 0. The van der Waals surface area contributed by atoms with Crippen LogP contribution in [0.15, 0.2) is 0 Å². The molecule has 6 heavy (non-hydrogen) atoms. The minimum Gasteiger partial charge on any atom is -0.308 e. The lowest BCUT2D eigenvalue weighted by Gasteiger charge is -1.91. The van der Waals surface area contributed by atoms with Crippen molar-refractivity contribution in [2.45, 2.75) is 13.3 Å². The molecule has 0 fully saturated rings. The van der Waals surface area contributed by atoms with E-state index in [9.17, 15) is 0 Å². The van der Waals surface area contributed by atoms with Gasteiger partial charge in [-0.05, 0) is 13.0 Å². The highest BCUT2D eigenvalue weighted by molar-refractivity contribution is 7.80. The quantitative estimate of drug-likeness (QED) is 0.308. The van der Waals surface area contributed by atoms with Gasteiger partial charge in [0.2, 0.25) is 0 Å².